The zero-order valence-corrected chi connectivity index (χ0v) is 16.1. The molecule has 0 aromatic heterocycles. The van der Waals surface area contributed by atoms with Crippen LogP contribution in [-0.4, -0.2) is 31.3 Å². The van der Waals surface area contributed by atoms with Crippen LogP contribution in [0.3, 0.4) is 0 Å². The first-order valence-corrected chi connectivity index (χ1v) is 8.53. The van der Waals surface area contributed by atoms with Gasteiger partial charge in [0.05, 0.1) is 0 Å². The molecule has 0 saturated heterocycles. The predicted molar refractivity (Wildman–Crippen MR) is 102 cm³/mol. The lowest BCUT2D eigenvalue weighted by Gasteiger charge is -2.15. The van der Waals surface area contributed by atoms with Crippen LogP contribution in [0, 0.1) is 0 Å². The van der Waals surface area contributed by atoms with E-state index in [-0.39, 0.29) is 24.0 Å². The normalized spacial score (nSPS) is 13.9. The number of hydrogen-bond acceptors (Lipinski definition) is 4. The summed E-state index contributed by atoms with van der Waals surface area (Å²) in [6.07, 6.45) is 3.54. The van der Waals surface area contributed by atoms with Gasteiger partial charge in [0.25, 0.3) is 0 Å². The summed E-state index contributed by atoms with van der Waals surface area (Å²) in [7, 11) is 0. The number of guanidine groups is 1. The first-order valence-electron chi connectivity index (χ1n) is 6.76. The third-order valence-corrected chi connectivity index (χ3v) is 4.97. The molecular weight excluding hydrogens is 449 g/mol. The van der Waals surface area contributed by atoms with E-state index in [9.17, 15) is 0 Å². The maximum absolute atomic E-state index is 4.39. The second kappa shape index (κ2) is 10.7. The minimum atomic E-state index is 0. The van der Waals surface area contributed by atoms with E-state index in [0.717, 1.165) is 37.8 Å². The van der Waals surface area contributed by atoms with Crippen molar-refractivity contribution >= 4 is 57.6 Å². The molecule has 1 aliphatic heterocycles. The minimum Gasteiger partial charge on any atom is -0.356 e. The number of nitrogens with one attached hydrogen (secondary N) is 2. The molecule has 0 aliphatic carbocycles. The van der Waals surface area contributed by atoms with E-state index >= 15 is 0 Å². The van der Waals surface area contributed by atoms with Crippen molar-refractivity contribution in [2.75, 3.05) is 25.4 Å². The quantitative estimate of drug-likeness (QED) is 0.377. The number of nitrogens with zero attached hydrogens (tertiary/aromatic N) is 1. The van der Waals surface area contributed by atoms with E-state index in [0.29, 0.717) is 0 Å². The van der Waals surface area contributed by atoms with Gasteiger partial charge in [0, 0.05) is 29.0 Å². The van der Waals surface area contributed by atoms with E-state index in [1.165, 1.54) is 22.2 Å². The molecular formula is C14H21BrIN3S. The van der Waals surface area contributed by atoms with Crippen molar-refractivity contribution in [3.8, 4) is 0 Å². The van der Waals surface area contributed by atoms with Crippen LogP contribution in [0.4, 0.5) is 0 Å². The zero-order chi connectivity index (χ0) is 13.3. The van der Waals surface area contributed by atoms with Gasteiger partial charge in [-0.05, 0) is 53.1 Å². The average molecular weight is 470 g/mol. The molecule has 3 nitrogen and oxygen atoms in total. The Balaban J connectivity index is 0.00000200. The first kappa shape index (κ1) is 18.1. The topological polar surface area (TPSA) is 36.4 Å². The van der Waals surface area contributed by atoms with Crippen molar-refractivity contribution in [1.82, 2.24) is 10.6 Å². The van der Waals surface area contributed by atoms with Gasteiger partial charge in [-0.1, -0.05) is 12.1 Å². The summed E-state index contributed by atoms with van der Waals surface area (Å²) in [6.45, 7) is 3.00. The summed E-state index contributed by atoms with van der Waals surface area (Å²) >= 11 is 5.49. The summed E-state index contributed by atoms with van der Waals surface area (Å²) in [5, 5.41) is 6.62. The molecule has 0 spiro atoms. The lowest BCUT2D eigenvalue weighted by atomic mass is 10.3. The molecule has 20 heavy (non-hydrogen) atoms. The summed E-state index contributed by atoms with van der Waals surface area (Å²) in [4.78, 5) is 5.72. The van der Waals surface area contributed by atoms with Crippen LogP contribution in [0.25, 0.3) is 0 Å². The Morgan fingerprint density at radius 3 is 2.90 bits per heavy atom. The highest BCUT2D eigenvalue weighted by molar-refractivity contribution is 14.0. The fourth-order valence-corrected chi connectivity index (χ4v) is 3.41. The van der Waals surface area contributed by atoms with E-state index in [2.05, 4.69) is 55.8 Å². The Morgan fingerprint density at radius 1 is 1.30 bits per heavy atom. The first-order chi connectivity index (χ1) is 9.36. The molecule has 0 bridgehead atoms. The molecule has 1 aromatic rings. The van der Waals surface area contributed by atoms with Crippen molar-refractivity contribution in [3.05, 3.63) is 28.7 Å². The second-order valence-corrected chi connectivity index (χ2v) is 6.41. The van der Waals surface area contributed by atoms with Gasteiger partial charge in [-0.15, -0.1) is 35.7 Å². The summed E-state index contributed by atoms with van der Waals surface area (Å²) in [6, 6.07) is 8.39. The highest BCUT2D eigenvalue weighted by atomic mass is 127. The molecule has 2 rings (SSSR count). The maximum Gasteiger partial charge on any atom is 0.191 e. The van der Waals surface area contributed by atoms with Gasteiger partial charge in [-0.25, -0.2) is 0 Å². The maximum atomic E-state index is 4.39. The largest absolute Gasteiger partial charge is 0.356 e. The number of unbranched alkanes of at least 4 members (excludes halogenated alkanes) is 1. The fourth-order valence-electron chi connectivity index (χ4n) is 1.83. The minimum absolute atomic E-state index is 0. The smallest absolute Gasteiger partial charge is 0.191 e. The van der Waals surface area contributed by atoms with Gasteiger partial charge in [-0.2, -0.15) is 0 Å². The highest BCUT2D eigenvalue weighted by Gasteiger charge is 2.02. The predicted octanol–water partition coefficient (Wildman–Crippen LogP) is 3.88. The molecule has 1 heterocycles. The lowest BCUT2D eigenvalue weighted by Crippen LogP contribution is -2.41. The van der Waals surface area contributed by atoms with Crippen molar-refractivity contribution in [2.24, 2.45) is 4.99 Å². The third kappa shape index (κ3) is 6.67. The van der Waals surface area contributed by atoms with Crippen LogP contribution in [-0.2, 0) is 0 Å². The number of rotatable bonds is 6. The highest BCUT2D eigenvalue weighted by Crippen LogP contribution is 2.27. The molecule has 0 saturated carbocycles. The Labute approximate surface area is 150 Å². The molecule has 0 radical (unpaired) electrons. The van der Waals surface area contributed by atoms with Gasteiger partial charge in [0.1, 0.15) is 0 Å². The van der Waals surface area contributed by atoms with Crippen molar-refractivity contribution in [1.29, 1.82) is 0 Å². The van der Waals surface area contributed by atoms with E-state index in [1.54, 1.807) is 0 Å². The van der Waals surface area contributed by atoms with Crippen LogP contribution < -0.4 is 10.6 Å². The van der Waals surface area contributed by atoms with Gasteiger partial charge >= 0.3 is 0 Å². The standard InChI is InChI=1S/C14H20BrN3S.HI/c15-12-6-1-2-7-13(12)19-11-4-3-8-16-14-17-9-5-10-18-14;/h1-2,6-7H,3-5,8-11H2,(H2,16,17,18);1H. The second-order valence-electron chi connectivity index (χ2n) is 4.42. The Kier molecular flexibility index (Phi) is 9.71. The molecule has 0 fully saturated rings. The number of hydrogen-bond donors (Lipinski definition) is 2. The molecule has 0 unspecified atom stereocenters. The van der Waals surface area contributed by atoms with Crippen molar-refractivity contribution in [3.63, 3.8) is 0 Å². The molecule has 0 atom stereocenters. The molecule has 1 aliphatic rings. The Bertz CT molecular complexity index is 429. The number of halogens is 2. The van der Waals surface area contributed by atoms with Crippen LogP contribution in [0.15, 0.2) is 38.6 Å². The molecule has 0 amide bonds. The van der Waals surface area contributed by atoms with Crippen molar-refractivity contribution < 1.29 is 0 Å². The van der Waals surface area contributed by atoms with Gasteiger partial charge in [-0.3, -0.25) is 4.99 Å². The SMILES string of the molecule is Brc1ccccc1SCCCCNC1=NCCCN1.I. The fraction of sp³-hybridized carbons (Fsp3) is 0.500. The number of aliphatic imine (C=N–C) groups is 1. The van der Waals surface area contributed by atoms with Gasteiger partial charge in [0.2, 0.25) is 0 Å². The van der Waals surface area contributed by atoms with E-state index in [4.69, 9.17) is 0 Å². The molecule has 6 heteroatoms. The Morgan fingerprint density at radius 2 is 2.15 bits per heavy atom. The van der Waals surface area contributed by atoms with E-state index < -0.39 is 0 Å². The number of benzene rings is 1. The van der Waals surface area contributed by atoms with Crippen LogP contribution >= 0.6 is 51.7 Å². The zero-order valence-electron chi connectivity index (χ0n) is 11.4. The Hall–Kier alpha value is 0.0500. The van der Waals surface area contributed by atoms with Crippen molar-refractivity contribution in [2.45, 2.75) is 24.2 Å². The summed E-state index contributed by atoms with van der Waals surface area (Å²) in [5.41, 5.74) is 0. The molecule has 1 aromatic carbocycles. The molecule has 112 valence electrons. The average Bonchev–Trinajstić information content (AvgIpc) is 2.45. The summed E-state index contributed by atoms with van der Waals surface area (Å²) < 4.78 is 1.19. The monoisotopic (exact) mass is 469 g/mol. The lowest BCUT2D eigenvalue weighted by molar-refractivity contribution is 0.682. The van der Waals surface area contributed by atoms with Gasteiger partial charge in [0.15, 0.2) is 5.96 Å². The molecule has 2 N–H and O–H groups in total. The van der Waals surface area contributed by atoms with Crippen LogP contribution in [0.2, 0.25) is 0 Å². The number of thioether (sulfide) groups is 1. The third-order valence-electron chi connectivity index (χ3n) is 2.86. The van der Waals surface area contributed by atoms with Gasteiger partial charge < -0.3 is 10.6 Å². The van der Waals surface area contributed by atoms with Crippen LogP contribution in [0.5, 0.6) is 0 Å². The summed E-state index contributed by atoms with van der Waals surface area (Å²) in [5.74, 6) is 2.13. The van der Waals surface area contributed by atoms with E-state index in [1.807, 2.05) is 11.8 Å². The van der Waals surface area contributed by atoms with Crippen LogP contribution in [0.1, 0.15) is 19.3 Å².